The highest BCUT2D eigenvalue weighted by Gasteiger charge is 2.72. The predicted molar refractivity (Wildman–Crippen MR) is 156 cm³/mol. The van der Waals surface area contributed by atoms with Crippen LogP contribution in [0, 0.1) is 30.0 Å². The molecule has 4 aromatic rings. The first-order valence-electron chi connectivity index (χ1n) is 14.4. The number of nitrogens with zero attached hydrogens (tertiary/aromatic N) is 3. The van der Waals surface area contributed by atoms with Crippen molar-refractivity contribution < 1.29 is 13.9 Å². The van der Waals surface area contributed by atoms with Crippen LogP contribution in [0.25, 0.3) is 22.0 Å². The molecule has 8 nitrogen and oxygen atoms in total. The highest BCUT2D eigenvalue weighted by atomic mass is 19.1. The largest absolute Gasteiger partial charge is 0.437 e. The van der Waals surface area contributed by atoms with Crippen molar-refractivity contribution in [1.29, 1.82) is 0 Å². The average Bonchev–Trinajstić information content (AvgIpc) is 3.89. The van der Waals surface area contributed by atoms with E-state index in [-0.39, 0.29) is 29.0 Å². The average molecular weight is 553 g/mol. The summed E-state index contributed by atoms with van der Waals surface area (Å²) in [6.45, 7) is 5.95. The SMILES string of the molecule is Cc1ccc2c(NC(=O)C3C(C)C34CC4)c(F)ccc2c1Oc1ncccc1-c1ccnc(N[C@H]2CCCNC2)n1. The molecule has 0 radical (unpaired) electrons. The maximum Gasteiger partial charge on any atom is 0.228 e. The highest BCUT2D eigenvalue weighted by Crippen LogP contribution is 2.74. The van der Waals surface area contributed by atoms with Crippen molar-refractivity contribution in [1.82, 2.24) is 20.3 Å². The lowest BCUT2D eigenvalue weighted by molar-refractivity contribution is -0.117. The van der Waals surface area contributed by atoms with Gasteiger partial charge in [0.2, 0.25) is 17.7 Å². The minimum absolute atomic E-state index is 0.0454. The van der Waals surface area contributed by atoms with E-state index in [1.807, 2.05) is 37.3 Å². The van der Waals surface area contributed by atoms with E-state index in [9.17, 15) is 4.79 Å². The highest BCUT2D eigenvalue weighted by molar-refractivity contribution is 6.06. The number of carbonyl (C=O) groups excluding carboxylic acids is 1. The Bertz CT molecular complexity index is 1650. The number of amides is 1. The molecule has 9 heteroatoms. The van der Waals surface area contributed by atoms with E-state index in [1.54, 1.807) is 18.5 Å². The van der Waals surface area contributed by atoms with Gasteiger partial charge < -0.3 is 20.7 Å². The molecule has 1 amide bonds. The number of pyridine rings is 1. The van der Waals surface area contributed by atoms with Crippen molar-refractivity contribution in [2.45, 2.75) is 45.6 Å². The number of piperidine rings is 1. The van der Waals surface area contributed by atoms with Crippen molar-refractivity contribution in [2.75, 3.05) is 23.7 Å². The molecule has 0 bridgehead atoms. The Morgan fingerprint density at radius 3 is 2.73 bits per heavy atom. The molecule has 1 aliphatic heterocycles. The number of hydrogen-bond donors (Lipinski definition) is 3. The van der Waals surface area contributed by atoms with Crippen LogP contribution in [0.4, 0.5) is 16.0 Å². The van der Waals surface area contributed by atoms with Crippen molar-refractivity contribution in [3.63, 3.8) is 0 Å². The molecule has 1 spiro atoms. The number of rotatable bonds is 7. The van der Waals surface area contributed by atoms with Gasteiger partial charge in [-0.3, -0.25) is 4.79 Å². The quantitative estimate of drug-likeness (QED) is 0.255. The van der Waals surface area contributed by atoms with Crippen molar-refractivity contribution >= 4 is 28.3 Å². The molecule has 3 atom stereocenters. The molecule has 41 heavy (non-hydrogen) atoms. The minimum atomic E-state index is -0.466. The van der Waals surface area contributed by atoms with E-state index in [4.69, 9.17) is 9.72 Å². The number of benzene rings is 2. The summed E-state index contributed by atoms with van der Waals surface area (Å²) in [4.78, 5) is 26.8. The number of ether oxygens (including phenoxy) is 1. The molecule has 2 aromatic carbocycles. The van der Waals surface area contributed by atoms with Crippen LogP contribution in [-0.2, 0) is 4.79 Å². The summed E-state index contributed by atoms with van der Waals surface area (Å²) >= 11 is 0. The van der Waals surface area contributed by atoms with E-state index in [2.05, 4.69) is 32.8 Å². The van der Waals surface area contributed by atoms with Gasteiger partial charge in [-0.1, -0.05) is 19.1 Å². The lowest BCUT2D eigenvalue weighted by atomic mass is 10.0. The molecule has 3 heterocycles. The smallest absolute Gasteiger partial charge is 0.228 e. The molecule has 3 aliphatic rings. The van der Waals surface area contributed by atoms with Crippen LogP contribution >= 0.6 is 0 Å². The van der Waals surface area contributed by atoms with Gasteiger partial charge >= 0.3 is 0 Å². The third kappa shape index (κ3) is 4.68. The van der Waals surface area contributed by atoms with Crippen LogP contribution in [0.15, 0.2) is 54.9 Å². The van der Waals surface area contributed by atoms with Crippen LogP contribution in [0.3, 0.4) is 0 Å². The number of hydrogen-bond acceptors (Lipinski definition) is 7. The lowest BCUT2D eigenvalue weighted by Gasteiger charge is -2.23. The third-order valence-electron chi connectivity index (χ3n) is 9.10. The number of aromatic nitrogens is 3. The van der Waals surface area contributed by atoms with Gasteiger partial charge in [-0.15, -0.1) is 0 Å². The number of aryl methyl sites for hydroxylation is 1. The van der Waals surface area contributed by atoms with E-state index < -0.39 is 5.82 Å². The fourth-order valence-corrected chi connectivity index (χ4v) is 6.52. The molecule has 2 aromatic heterocycles. The van der Waals surface area contributed by atoms with Crippen LogP contribution in [-0.4, -0.2) is 40.0 Å². The van der Waals surface area contributed by atoms with Gasteiger partial charge in [0.15, 0.2) is 0 Å². The number of nitrogens with one attached hydrogen (secondary N) is 3. The number of fused-ring (bicyclic) bond motifs is 1. The summed E-state index contributed by atoms with van der Waals surface area (Å²) < 4.78 is 21.6. The molecule has 2 aliphatic carbocycles. The van der Waals surface area contributed by atoms with Crippen LogP contribution in [0.1, 0.15) is 38.2 Å². The fourth-order valence-electron chi connectivity index (χ4n) is 6.52. The first-order chi connectivity index (χ1) is 19.9. The van der Waals surface area contributed by atoms with Crippen LogP contribution in [0.5, 0.6) is 11.6 Å². The Kier molecular flexibility index (Phi) is 6.34. The van der Waals surface area contributed by atoms with E-state index >= 15 is 4.39 Å². The molecule has 210 valence electrons. The minimum Gasteiger partial charge on any atom is -0.437 e. The second kappa shape index (κ2) is 10.1. The summed E-state index contributed by atoms with van der Waals surface area (Å²) in [6, 6.07) is 12.6. The Hall–Kier alpha value is -4.11. The molecule has 2 saturated carbocycles. The zero-order chi connectivity index (χ0) is 28.1. The molecule has 1 saturated heterocycles. The van der Waals surface area contributed by atoms with Gasteiger partial charge in [-0.2, -0.15) is 0 Å². The number of anilines is 2. The maximum absolute atomic E-state index is 15.1. The summed E-state index contributed by atoms with van der Waals surface area (Å²) in [6.07, 6.45) is 7.73. The van der Waals surface area contributed by atoms with Gasteiger partial charge in [0.1, 0.15) is 11.6 Å². The molecule has 7 rings (SSSR count). The fraction of sp³-hybridized carbons (Fsp3) is 0.375. The summed E-state index contributed by atoms with van der Waals surface area (Å²) in [5.74, 6) is 1.22. The molecular formula is C32H33FN6O2. The second-order valence-electron chi connectivity index (χ2n) is 11.6. The van der Waals surface area contributed by atoms with Gasteiger partial charge in [0.05, 0.1) is 16.9 Å². The van der Waals surface area contributed by atoms with Crippen molar-refractivity contribution in [3.8, 4) is 22.9 Å². The summed E-state index contributed by atoms with van der Waals surface area (Å²) in [7, 11) is 0. The number of carbonyl (C=O) groups is 1. The molecular weight excluding hydrogens is 519 g/mol. The van der Waals surface area contributed by atoms with Crippen molar-refractivity contribution in [3.05, 3.63) is 66.2 Å². The normalized spacial score (nSPS) is 22.4. The molecule has 2 unspecified atom stereocenters. The topological polar surface area (TPSA) is 101 Å². The maximum atomic E-state index is 15.1. The monoisotopic (exact) mass is 552 g/mol. The summed E-state index contributed by atoms with van der Waals surface area (Å²) in [5, 5.41) is 11.0. The van der Waals surface area contributed by atoms with Crippen molar-refractivity contribution in [2.24, 2.45) is 17.3 Å². The van der Waals surface area contributed by atoms with Gasteiger partial charge in [-0.25, -0.2) is 19.3 Å². The standard InChI is InChI=1S/C32H33FN6O2/c1-18-7-8-21-22(9-10-24(33)27(21)39-29(40)26-19(2)32(26)12-13-32)28(18)41-30-23(6-4-15-35-30)25-11-16-36-31(38-25)37-20-5-3-14-34-17-20/h4,6-11,15-16,19-20,26,34H,3,5,12-14,17H2,1-2H3,(H,39,40)(H,36,37,38)/t19?,20-,26?/m0/s1. The first-order valence-corrected chi connectivity index (χ1v) is 14.4. The van der Waals surface area contributed by atoms with E-state index in [0.717, 1.165) is 44.3 Å². The second-order valence-corrected chi connectivity index (χ2v) is 11.6. The van der Waals surface area contributed by atoms with Gasteiger partial charge in [0, 0.05) is 41.7 Å². The number of halogens is 1. The van der Waals surface area contributed by atoms with Crippen LogP contribution < -0.4 is 20.7 Å². The Balaban J connectivity index is 1.20. The first kappa shape index (κ1) is 25.8. The Morgan fingerprint density at radius 1 is 1.10 bits per heavy atom. The summed E-state index contributed by atoms with van der Waals surface area (Å²) in [5.41, 5.74) is 2.59. The van der Waals surface area contributed by atoms with E-state index in [1.165, 1.54) is 6.07 Å². The molecule has 3 fully saturated rings. The van der Waals surface area contributed by atoms with E-state index in [0.29, 0.717) is 45.5 Å². The Morgan fingerprint density at radius 2 is 1.95 bits per heavy atom. The third-order valence-corrected chi connectivity index (χ3v) is 9.10. The van der Waals surface area contributed by atoms with Gasteiger partial charge in [-0.05, 0) is 86.4 Å². The zero-order valence-electron chi connectivity index (χ0n) is 23.2. The molecule has 3 N–H and O–H groups in total. The Labute approximate surface area is 238 Å². The zero-order valence-corrected chi connectivity index (χ0v) is 23.2. The van der Waals surface area contributed by atoms with Gasteiger partial charge in [0.25, 0.3) is 0 Å². The predicted octanol–water partition coefficient (Wildman–Crippen LogP) is 6.08. The lowest BCUT2D eigenvalue weighted by Crippen LogP contribution is -2.38. The van der Waals surface area contributed by atoms with Crippen LogP contribution in [0.2, 0.25) is 0 Å².